The number of ether oxygens (including phenoxy) is 1. The molecule has 3 aliphatic rings. The standard InChI is InChI=1S/C12H21N7O8S/c1-18(2)10(20)24-4-5-7-11(17-8(13)16-7)12(21,22)6(25-28-27-26-23)3-19(11)9(14)15-5/h5-7,21-23H,3-4H2,1-2H3,(H2,14,15)(H3,13,16,17)/t5-,6+,7?,11?/m0/s1. The summed E-state index contributed by atoms with van der Waals surface area (Å²) >= 11 is 0.163. The van der Waals surface area contributed by atoms with E-state index in [0.29, 0.717) is 0 Å². The number of nitrogens with zero attached hydrogens (tertiary/aromatic N) is 2. The molecule has 0 aromatic carbocycles. The molecule has 3 fully saturated rings. The van der Waals surface area contributed by atoms with Crippen molar-refractivity contribution in [1.82, 2.24) is 25.8 Å². The summed E-state index contributed by atoms with van der Waals surface area (Å²) in [6.45, 7) is -0.386. The maximum atomic E-state index is 11.7. The van der Waals surface area contributed by atoms with Gasteiger partial charge in [-0.25, -0.2) is 10.1 Å². The van der Waals surface area contributed by atoms with Crippen molar-refractivity contribution < 1.29 is 38.6 Å². The molecule has 0 aliphatic carbocycles. The molecule has 15 nitrogen and oxygen atoms in total. The van der Waals surface area contributed by atoms with E-state index in [1.807, 2.05) is 0 Å². The summed E-state index contributed by atoms with van der Waals surface area (Å²) in [5, 5.41) is 57.8. The fraction of sp³-hybridized carbons (Fsp3) is 0.750. The molecule has 0 bridgehead atoms. The van der Waals surface area contributed by atoms with Crippen LogP contribution in [0.3, 0.4) is 0 Å². The summed E-state index contributed by atoms with van der Waals surface area (Å²) < 4.78 is 14.4. The van der Waals surface area contributed by atoms with Crippen LogP contribution in [0.15, 0.2) is 0 Å². The summed E-state index contributed by atoms with van der Waals surface area (Å²) in [4.78, 5) is 14.2. The molecule has 8 N–H and O–H groups in total. The lowest BCUT2D eigenvalue weighted by Crippen LogP contribution is -2.81. The number of aliphatic hydroxyl groups is 2. The number of rotatable bonds is 6. The minimum atomic E-state index is -2.63. The van der Waals surface area contributed by atoms with E-state index in [2.05, 4.69) is 25.3 Å². The second-order valence-corrected chi connectivity index (χ2v) is 7.06. The average Bonchev–Trinajstić information content (AvgIpc) is 3.09. The predicted octanol–water partition coefficient (Wildman–Crippen LogP) is -2.85. The van der Waals surface area contributed by atoms with E-state index < -0.39 is 35.7 Å². The maximum absolute atomic E-state index is 11.7. The summed E-state index contributed by atoms with van der Waals surface area (Å²) in [5.74, 6) is -3.04. The van der Waals surface area contributed by atoms with Crippen LogP contribution < -0.4 is 16.0 Å². The van der Waals surface area contributed by atoms with Gasteiger partial charge in [0.2, 0.25) is 5.79 Å². The van der Waals surface area contributed by atoms with Crippen molar-refractivity contribution >= 4 is 30.3 Å². The lowest BCUT2D eigenvalue weighted by Gasteiger charge is -2.50. The van der Waals surface area contributed by atoms with Crippen LogP contribution in [0, 0.1) is 10.8 Å². The van der Waals surface area contributed by atoms with Gasteiger partial charge in [-0.15, -0.1) is 4.33 Å². The van der Waals surface area contributed by atoms with E-state index in [0.717, 1.165) is 0 Å². The number of hydrogen-bond donors (Lipinski definition) is 8. The molecule has 0 aromatic rings. The molecular formula is C12H21N7O8S. The first-order chi connectivity index (χ1) is 13.1. The summed E-state index contributed by atoms with van der Waals surface area (Å²) in [5.41, 5.74) is -1.77. The summed E-state index contributed by atoms with van der Waals surface area (Å²) in [6.07, 6.45) is -1.95. The maximum Gasteiger partial charge on any atom is 0.409 e. The number of amides is 1. The Morgan fingerprint density at radius 2 is 2.11 bits per heavy atom. The predicted molar refractivity (Wildman–Crippen MR) is 91.3 cm³/mol. The lowest BCUT2D eigenvalue weighted by atomic mass is 9.85. The van der Waals surface area contributed by atoms with Gasteiger partial charge in [-0.2, -0.15) is 0 Å². The van der Waals surface area contributed by atoms with Crippen LogP contribution in [-0.2, 0) is 18.3 Å². The lowest BCUT2D eigenvalue weighted by molar-refractivity contribution is -0.434. The molecule has 158 valence electrons. The monoisotopic (exact) mass is 423 g/mol. The van der Waals surface area contributed by atoms with Crippen LogP contribution >= 0.6 is 12.3 Å². The van der Waals surface area contributed by atoms with Gasteiger partial charge in [0.05, 0.1) is 18.6 Å². The average molecular weight is 423 g/mol. The molecular weight excluding hydrogens is 402 g/mol. The first-order valence-electron chi connectivity index (χ1n) is 8.00. The molecule has 3 rings (SSSR count). The molecule has 3 saturated heterocycles. The van der Waals surface area contributed by atoms with Crippen LogP contribution in [-0.4, -0.2) is 100 Å². The van der Waals surface area contributed by atoms with Gasteiger partial charge in [0.15, 0.2) is 36.0 Å². The van der Waals surface area contributed by atoms with Crippen LogP contribution in [0.4, 0.5) is 4.79 Å². The van der Waals surface area contributed by atoms with Gasteiger partial charge < -0.3 is 40.7 Å². The molecule has 4 atom stereocenters. The molecule has 28 heavy (non-hydrogen) atoms. The van der Waals surface area contributed by atoms with Crippen molar-refractivity contribution in [2.24, 2.45) is 0 Å². The highest BCUT2D eigenvalue weighted by atomic mass is 32.2. The number of hydrogen-bond acceptors (Lipinski definition) is 11. The van der Waals surface area contributed by atoms with Crippen molar-refractivity contribution in [1.29, 1.82) is 10.8 Å². The van der Waals surface area contributed by atoms with Gasteiger partial charge in [-0.3, -0.25) is 15.0 Å². The van der Waals surface area contributed by atoms with E-state index in [9.17, 15) is 15.0 Å². The van der Waals surface area contributed by atoms with Crippen molar-refractivity contribution in [2.45, 2.75) is 29.6 Å². The number of carbonyl (C=O) groups is 1. The molecule has 1 amide bonds. The van der Waals surface area contributed by atoms with Gasteiger partial charge >= 0.3 is 6.09 Å². The molecule has 3 heterocycles. The fourth-order valence-corrected chi connectivity index (χ4v) is 3.95. The highest BCUT2D eigenvalue weighted by molar-refractivity contribution is 7.89. The Morgan fingerprint density at radius 3 is 2.75 bits per heavy atom. The van der Waals surface area contributed by atoms with Crippen LogP contribution in [0.2, 0.25) is 0 Å². The minimum absolute atomic E-state index is 0.163. The normalized spacial score (nSPS) is 32.8. The SMILES string of the molecule is CN(C)C(=O)OC[C@@H]1NC(=N)N2C[C@@H](OSOOO)C(O)(O)C23NC(=N)NC13. The summed E-state index contributed by atoms with van der Waals surface area (Å²) in [6, 6.07) is -1.67. The van der Waals surface area contributed by atoms with E-state index in [4.69, 9.17) is 25.0 Å². The molecule has 0 aromatic heterocycles. The van der Waals surface area contributed by atoms with E-state index in [-0.39, 0.29) is 37.4 Å². The molecule has 3 aliphatic heterocycles. The van der Waals surface area contributed by atoms with Crippen molar-refractivity contribution in [2.75, 3.05) is 27.2 Å². The molecule has 2 unspecified atom stereocenters. The molecule has 1 spiro atoms. The smallest absolute Gasteiger partial charge is 0.409 e. The highest BCUT2D eigenvalue weighted by Gasteiger charge is 2.74. The van der Waals surface area contributed by atoms with Crippen molar-refractivity contribution in [3.63, 3.8) is 0 Å². The van der Waals surface area contributed by atoms with Crippen molar-refractivity contribution in [3.05, 3.63) is 0 Å². The Hall–Kier alpha value is -2.08. The molecule has 0 radical (unpaired) electrons. The quantitative estimate of drug-likeness (QED) is 0.0713. The second-order valence-electron chi connectivity index (χ2n) is 6.59. The summed E-state index contributed by atoms with van der Waals surface area (Å²) in [7, 11) is 3.02. The number of guanidine groups is 2. The van der Waals surface area contributed by atoms with Gasteiger partial charge in [0.1, 0.15) is 6.61 Å². The van der Waals surface area contributed by atoms with Gasteiger partial charge in [-0.05, 0) is 0 Å². The second kappa shape index (κ2) is 7.39. The molecule has 16 heteroatoms. The Labute approximate surface area is 163 Å². The van der Waals surface area contributed by atoms with Gasteiger partial charge in [-0.1, -0.05) is 5.04 Å². The third-order valence-corrected chi connectivity index (χ3v) is 5.24. The van der Waals surface area contributed by atoms with Crippen LogP contribution in [0.1, 0.15) is 0 Å². The Bertz CT molecular complexity index is 666. The first-order valence-corrected chi connectivity index (χ1v) is 8.67. The van der Waals surface area contributed by atoms with E-state index >= 15 is 0 Å². The van der Waals surface area contributed by atoms with Crippen LogP contribution in [0.5, 0.6) is 0 Å². The zero-order valence-corrected chi connectivity index (χ0v) is 15.6. The highest BCUT2D eigenvalue weighted by Crippen LogP contribution is 2.44. The minimum Gasteiger partial charge on any atom is -0.447 e. The molecule has 0 saturated carbocycles. The zero-order chi connectivity index (χ0) is 20.7. The van der Waals surface area contributed by atoms with E-state index in [1.54, 1.807) is 0 Å². The fourth-order valence-electron chi connectivity index (χ4n) is 3.60. The first kappa shape index (κ1) is 20.6. The largest absolute Gasteiger partial charge is 0.447 e. The van der Waals surface area contributed by atoms with Gasteiger partial charge in [0, 0.05) is 14.1 Å². The topological polar surface area (TPSA) is 205 Å². The third kappa shape index (κ3) is 3.08. The van der Waals surface area contributed by atoms with E-state index in [1.165, 1.54) is 23.9 Å². The van der Waals surface area contributed by atoms with Crippen molar-refractivity contribution in [3.8, 4) is 0 Å². The zero-order valence-electron chi connectivity index (χ0n) is 14.8. The Kier molecular flexibility index (Phi) is 5.45. The van der Waals surface area contributed by atoms with Crippen LogP contribution in [0.25, 0.3) is 0 Å². The third-order valence-electron chi connectivity index (χ3n) is 4.81. The number of nitrogens with one attached hydrogen (secondary N) is 5. The Balaban J connectivity index is 1.87. The van der Waals surface area contributed by atoms with Gasteiger partial charge in [0.25, 0.3) is 0 Å². The number of carbonyl (C=O) groups excluding carboxylic acids is 1. The Morgan fingerprint density at radius 1 is 1.39 bits per heavy atom.